The van der Waals surface area contributed by atoms with Crippen LogP contribution in [0.3, 0.4) is 0 Å². The van der Waals surface area contributed by atoms with E-state index in [-0.39, 0.29) is 0 Å². The topological polar surface area (TPSA) is 33.1 Å². The van der Waals surface area contributed by atoms with Gasteiger partial charge in [-0.25, -0.2) is 9.50 Å². The Hall–Kier alpha value is -1.16. The Morgan fingerprint density at radius 1 is 1.50 bits per heavy atom. The number of nitrogens with zero attached hydrogens (tertiary/aromatic N) is 2. The fourth-order valence-corrected chi connectivity index (χ4v) is 1.10. The first-order valence-electron chi connectivity index (χ1n) is 2.89. The van der Waals surface area contributed by atoms with Crippen LogP contribution in [-0.2, 0) is 0 Å². The lowest BCUT2D eigenvalue weighted by molar-refractivity contribution is 0.902. The van der Waals surface area contributed by atoms with Crippen molar-refractivity contribution in [3.63, 3.8) is 0 Å². The van der Waals surface area contributed by atoms with Gasteiger partial charge in [0, 0.05) is 12.4 Å². The summed E-state index contributed by atoms with van der Waals surface area (Å²) in [5.41, 5.74) is 1.04. The number of aromatic nitrogens is 3. The molecule has 4 heteroatoms. The molecule has 0 saturated carbocycles. The fraction of sp³-hybridized carbons (Fsp3) is 0. The van der Waals surface area contributed by atoms with E-state index in [1.807, 2.05) is 18.3 Å². The fourth-order valence-electron chi connectivity index (χ4n) is 0.877. The molecule has 2 rings (SSSR count). The van der Waals surface area contributed by atoms with Crippen LogP contribution in [0.1, 0.15) is 0 Å². The monoisotopic (exact) mass is 151 g/mol. The van der Waals surface area contributed by atoms with Crippen LogP contribution < -0.4 is 0 Å². The van der Waals surface area contributed by atoms with Crippen molar-refractivity contribution in [3.8, 4) is 0 Å². The van der Waals surface area contributed by atoms with E-state index in [9.17, 15) is 0 Å². The minimum Gasteiger partial charge on any atom is -0.299 e. The molecule has 0 bridgehead atoms. The summed E-state index contributed by atoms with van der Waals surface area (Å²) in [4.78, 5) is 3.93. The van der Waals surface area contributed by atoms with Crippen molar-refractivity contribution in [1.29, 1.82) is 0 Å². The Morgan fingerprint density at radius 2 is 2.40 bits per heavy atom. The van der Waals surface area contributed by atoms with Gasteiger partial charge < -0.3 is 0 Å². The quantitative estimate of drug-likeness (QED) is 0.577. The first kappa shape index (κ1) is 5.61. The summed E-state index contributed by atoms with van der Waals surface area (Å²) in [6.45, 7) is 0. The van der Waals surface area contributed by atoms with Crippen LogP contribution in [0.25, 0.3) is 5.52 Å². The van der Waals surface area contributed by atoms with E-state index >= 15 is 0 Å². The normalized spacial score (nSPS) is 10.4. The van der Waals surface area contributed by atoms with Gasteiger partial charge in [0.25, 0.3) is 0 Å². The van der Waals surface area contributed by atoms with Gasteiger partial charge in [0.05, 0.1) is 5.52 Å². The molecule has 3 nitrogen and oxygen atoms in total. The summed E-state index contributed by atoms with van der Waals surface area (Å²) in [5.74, 6) is 0. The molecule has 0 aliphatic heterocycles. The summed E-state index contributed by atoms with van der Waals surface area (Å²) < 4.78 is 2.30. The first-order chi connectivity index (χ1) is 4.88. The number of hydrogen-bond acceptors (Lipinski definition) is 2. The van der Waals surface area contributed by atoms with E-state index in [4.69, 9.17) is 12.2 Å². The van der Waals surface area contributed by atoms with Crippen molar-refractivity contribution in [1.82, 2.24) is 14.6 Å². The SMILES string of the molecule is S=c1nccc2cc[nH]n12. The molecule has 0 unspecified atom stereocenters. The molecule has 0 saturated heterocycles. The number of fused-ring (bicyclic) bond motifs is 1. The second kappa shape index (κ2) is 1.91. The number of H-pyrrole nitrogens is 1. The second-order valence-corrected chi connectivity index (χ2v) is 2.32. The Morgan fingerprint density at radius 3 is 3.20 bits per heavy atom. The third kappa shape index (κ3) is 0.657. The summed E-state index contributed by atoms with van der Waals surface area (Å²) in [6.07, 6.45) is 3.53. The maximum absolute atomic E-state index is 4.93. The highest BCUT2D eigenvalue weighted by Crippen LogP contribution is 1.98. The zero-order valence-electron chi connectivity index (χ0n) is 5.11. The molecule has 0 aliphatic carbocycles. The highest BCUT2D eigenvalue weighted by Gasteiger charge is 1.89. The van der Waals surface area contributed by atoms with Crippen LogP contribution in [0.15, 0.2) is 24.5 Å². The molecule has 2 heterocycles. The Labute approximate surface area is 62.3 Å². The van der Waals surface area contributed by atoms with E-state index in [0.717, 1.165) is 5.52 Å². The maximum atomic E-state index is 4.93. The molecule has 0 aliphatic rings. The van der Waals surface area contributed by atoms with Gasteiger partial charge in [-0.2, -0.15) is 0 Å². The van der Waals surface area contributed by atoms with E-state index in [0.29, 0.717) is 4.77 Å². The van der Waals surface area contributed by atoms with Crippen LogP contribution in [0.2, 0.25) is 0 Å². The standard InChI is InChI=1S/C6H5N3S/c10-6-7-3-1-5-2-4-8-9(5)6/h1-4,8H. The molecule has 2 aromatic heterocycles. The van der Waals surface area contributed by atoms with Crippen molar-refractivity contribution in [2.24, 2.45) is 0 Å². The minimum atomic E-state index is 0.558. The third-order valence-corrected chi connectivity index (χ3v) is 1.63. The molecule has 0 radical (unpaired) electrons. The lowest BCUT2D eigenvalue weighted by atomic mass is 10.5. The summed E-state index contributed by atoms with van der Waals surface area (Å²) in [5, 5.41) is 2.94. The molecule has 10 heavy (non-hydrogen) atoms. The van der Waals surface area contributed by atoms with Crippen molar-refractivity contribution in [2.75, 3.05) is 0 Å². The van der Waals surface area contributed by atoms with Gasteiger partial charge in [-0.05, 0) is 24.4 Å². The Balaban J connectivity index is 3.09. The van der Waals surface area contributed by atoms with Gasteiger partial charge in [0.15, 0.2) is 0 Å². The van der Waals surface area contributed by atoms with Crippen molar-refractivity contribution in [3.05, 3.63) is 29.3 Å². The maximum Gasteiger partial charge on any atom is 0.219 e. The molecule has 0 atom stereocenters. The van der Waals surface area contributed by atoms with Crippen LogP contribution in [-0.4, -0.2) is 14.6 Å². The van der Waals surface area contributed by atoms with Gasteiger partial charge in [-0.1, -0.05) is 0 Å². The van der Waals surface area contributed by atoms with Crippen LogP contribution in [0, 0.1) is 4.77 Å². The Kier molecular flexibility index (Phi) is 1.07. The molecular weight excluding hydrogens is 146 g/mol. The zero-order valence-corrected chi connectivity index (χ0v) is 5.93. The van der Waals surface area contributed by atoms with E-state index in [1.54, 1.807) is 10.7 Å². The first-order valence-corrected chi connectivity index (χ1v) is 3.30. The highest BCUT2D eigenvalue weighted by atomic mass is 32.1. The van der Waals surface area contributed by atoms with Crippen molar-refractivity contribution < 1.29 is 0 Å². The largest absolute Gasteiger partial charge is 0.299 e. The third-order valence-electron chi connectivity index (χ3n) is 1.34. The van der Waals surface area contributed by atoms with E-state index in [2.05, 4.69) is 10.1 Å². The highest BCUT2D eigenvalue weighted by molar-refractivity contribution is 7.71. The van der Waals surface area contributed by atoms with Gasteiger partial charge in [0.2, 0.25) is 4.77 Å². The summed E-state index contributed by atoms with van der Waals surface area (Å²) in [6, 6.07) is 3.84. The molecule has 1 N–H and O–H groups in total. The Bertz CT molecular complexity index is 400. The number of rotatable bonds is 0. The molecule has 0 spiro atoms. The van der Waals surface area contributed by atoms with Gasteiger partial charge >= 0.3 is 0 Å². The van der Waals surface area contributed by atoms with Crippen LogP contribution >= 0.6 is 12.2 Å². The average molecular weight is 151 g/mol. The van der Waals surface area contributed by atoms with E-state index in [1.165, 1.54) is 0 Å². The molecule has 2 aromatic rings. The molecule has 50 valence electrons. The lowest BCUT2D eigenvalue weighted by Crippen LogP contribution is -1.89. The lowest BCUT2D eigenvalue weighted by Gasteiger charge is -1.89. The predicted molar refractivity (Wildman–Crippen MR) is 40.4 cm³/mol. The summed E-state index contributed by atoms with van der Waals surface area (Å²) in [7, 11) is 0. The predicted octanol–water partition coefficient (Wildman–Crippen LogP) is 1.39. The molecular formula is C6H5N3S. The molecule has 0 amide bonds. The molecule has 0 fully saturated rings. The van der Waals surface area contributed by atoms with E-state index < -0.39 is 0 Å². The zero-order chi connectivity index (χ0) is 6.97. The number of aromatic amines is 1. The summed E-state index contributed by atoms with van der Waals surface area (Å²) >= 11 is 4.93. The van der Waals surface area contributed by atoms with Gasteiger partial charge in [-0.3, -0.25) is 5.10 Å². The van der Waals surface area contributed by atoms with Gasteiger partial charge in [0.1, 0.15) is 0 Å². The molecule has 0 aromatic carbocycles. The average Bonchev–Trinajstić information content (AvgIpc) is 2.36. The smallest absolute Gasteiger partial charge is 0.219 e. The number of hydrogen-bond donors (Lipinski definition) is 1. The van der Waals surface area contributed by atoms with Crippen molar-refractivity contribution in [2.45, 2.75) is 0 Å². The van der Waals surface area contributed by atoms with Crippen LogP contribution in [0.5, 0.6) is 0 Å². The van der Waals surface area contributed by atoms with Gasteiger partial charge in [-0.15, -0.1) is 0 Å². The minimum absolute atomic E-state index is 0.558. The second-order valence-electron chi connectivity index (χ2n) is 1.95. The van der Waals surface area contributed by atoms with Crippen LogP contribution in [0.4, 0.5) is 0 Å². The van der Waals surface area contributed by atoms with Crippen molar-refractivity contribution >= 4 is 17.7 Å². The number of nitrogens with one attached hydrogen (secondary N) is 1.